The summed E-state index contributed by atoms with van der Waals surface area (Å²) < 4.78 is 24.7. The summed E-state index contributed by atoms with van der Waals surface area (Å²) in [6, 6.07) is 1.56. The molecule has 1 aromatic rings. The Morgan fingerprint density at radius 1 is 1.37 bits per heavy atom. The van der Waals surface area contributed by atoms with Gasteiger partial charge in [-0.05, 0) is 18.9 Å². The SMILES string of the molecule is CN(C)C(=O)c1cc(S(N)(=O)=O)cn1C1CCCC1. The molecule has 6 nitrogen and oxygen atoms in total. The van der Waals surface area contributed by atoms with Gasteiger partial charge in [0.25, 0.3) is 5.91 Å². The minimum Gasteiger partial charge on any atom is -0.343 e. The molecular formula is C12H19N3O3S. The summed E-state index contributed by atoms with van der Waals surface area (Å²) in [5.74, 6) is -0.207. The Morgan fingerprint density at radius 2 is 1.95 bits per heavy atom. The molecule has 0 aliphatic heterocycles. The maximum Gasteiger partial charge on any atom is 0.270 e. The Kier molecular flexibility index (Phi) is 3.69. The molecular weight excluding hydrogens is 266 g/mol. The highest BCUT2D eigenvalue weighted by molar-refractivity contribution is 7.89. The second-order valence-corrected chi connectivity index (χ2v) is 6.71. The normalized spacial score (nSPS) is 16.8. The van der Waals surface area contributed by atoms with E-state index in [9.17, 15) is 13.2 Å². The Hall–Kier alpha value is -1.34. The predicted octanol–water partition coefficient (Wildman–Crippen LogP) is 0.952. The van der Waals surface area contributed by atoms with Crippen LogP contribution in [0.4, 0.5) is 0 Å². The van der Waals surface area contributed by atoms with Crippen LogP contribution in [0.5, 0.6) is 0 Å². The van der Waals surface area contributed by atoms with Crippen LogP contribution in [-0.2, 0) is 10.0 Å². The van der Waals surface area contributed by atoms with E-state index in [1.165, 1.54) is 17.2 Å². The predicted molar refractivity (Wildman–Crippen MR) is 71.3 cm³/mol. The fraction of sp³-hybridized carbons (Fsp3) is 0.583. The highest BCUT2D eigenvalue weighted by Crippen LogP contribution is 2.32. The van der Waals surface area contributed by atoms with Crippen LogP contribution in [0.2, 0.25) is 0 Å². The molecule has 2 N–H and O–H groups in total. The summed E-state index contributed by atoms with van der Waals surface area (Å²) in [4.78, 5) is 13.6. The monoisotopic (exact) mass is 285 g/mol. The number of carbonyl (C=O) groups excluding carboxylic acids is 1. The maximum absolute atomic E-state index is 12.1. The fourth-order valence-electron chi connectivity index (χ4n) is 2.49. The van der Waals surface area contributed by atoms with E-state index in [0.717, 1.165) is 25.7 Å². The van der Waals surface area contributed by atoms with Crippen molar-refractivity contribution in [3.05, 3.63) is 18.0 Å². The average Bonchev–Trinajstić information content (AvgIpc) is 2.95. The quantitative estimate of drug-likeness (QED) is 0.897. The summed E-state index contributed by atoms with van der Waals surface area (Å²) in [5, 5.41) is 5.15. The summed E-state index contributed by atoms with van der Waals surface area (Å²) >= 11 is 0. The van der Waals surface area contributed by atoms with Gasteiger partial charge >= 0.3 is 0 Å². The summed E-state index contributed by atoms with van der Waals surface area (Å²) in [6.07, 6.45) is 5.62. The molecule has 1 fully saturated rings. The second-order valence-electron chi connectivity index (χ2n) is 5.15. The first-order chi connectivity index (χ1) is 8.80. The zero-order valence-electron chi connectivity index (χ0n) is 11.2. The molecule has 0 bridgehead atoms. The average molecular weight is 285 g/mol. The lowest BCUT2D eigenvalue weighted by atomic mass is 10.2. The number of amides is 1. The highest BCUT2D eigenvalue weighted by Gasteiger charge is 2.26. The topological polar surface area (TPSA) is 85.4 Å². The number of nitrogens with two attached hydrogens (primary N) is 1. The first-order valence-electron chi connectivity index (χ1n) is 6.27. The molecule has 0 unspecified atom stereocenters. The molecule has 1 saturated carbocycles. The van der Waals surface area contributed by atoms with Gasteiger partial charge in [0, 0.05) is 26.3 Å². The van der Waals surface area contributed by atoms with E-state index >= 15 is 0 Å². The van der Waals surface area contributed by atoms with Gasteiger partial charge in [0.05, 0.1) is 0 Å². The van der Waals surface area contributed by atoms with Gasteiger partial charge in [0.2, 0.25) is 10.0 Å². The van der Waals surface area contributed by atoms with Crippen molar-refractivity contribution in [1.29, 1.82) is 0 Å². The molecule has 1 aliphatic carbocycles. The van der Waals surface area contributed by atoms with Gasteiger partial charge in [-0.3, -0.25) is 4.79 Å². The van der Waals surface area contributed by atoms with Gasteiger partial charge in [-0.1, -0.05) is 12.8 Å². The second kappa shape index (κ2) is 4.97. The van der Waals surface area contributed by atoms with Gasteiger partial charge in [-0.2, -0.15) is 0 Å². The van der Waals surface area contributed by atoms with Crippen molar-refractivity contribution >= 4 is 15.9 Å². The third kappa shape index (κ3) is 2.82. The van der Waals surface area contributed by atoms with Gasteiger partial charge < -0.3 is 9.47 Å². The Labute approximate surface area is 113 Å². The van der Waals surface area contributed by atoms with Crippen molar-refractivity contribution in [2.45, 2.75) is 36.6 Å². The number of rotatable bonds is 3. The van der Waals surface area contributed by atoms with Gasteiger partial charge in [0.1, 0.15) is 10.6 Å². The molecule has 0 atom stereocenters. The third-order valence-corrected chi connectivity index (χ3v) is 4.38. The number of sulfonamides is 1. The fourth-order valence-corrected chi connectivity index (χ4v) is 3.03. The van der Waals surface area contributed by atoms with Crippen LogP contribution in [0.3, 0.4) is 0 Å². The molecule has 0 spiro atoms. The van der Waals surface area contributed by atoms with Crippen molar-refractivity contribution in [3.8, 4) is 0 Å². The van der Waals surface area contributed by atoms with Gasteiger partial charge in [-0.15, -0.1) is 0 Å². The van der Waals surface area contributed by atoms with E-state index in [1.807, 2.05) is 0 Å². The van der Waals surface area contributed by atoms with Crippen LogP contribution in [0.15, 0.2) is 17.2 Å². The minimum absolute atomic E-state index is 0.00426. The van der Waals surface area contributed by atoms with Gasteiger partial charge in [0.15, 0.2) is 0 Å². The molecule has 2 rings (SSSR count). The largest absolute Gasteiger partial charge is 0.343 e. The van der Waals surface area contributed by atoms with E-state index in [2.05, 4.69) is 0 Å². The number of aromatic nitrogens is 1. The molecule has 0 radical (unpaired) electrons. The molecule has 1 heterocycles. The molecule has 0 aromatic carbocycles. The summed E-state index contributed by atoms with van der Waals surface area (Å²) in [6.45, 7) is 0. The van der Waals surface area contributed by atoms with Crippen LogP contribution in [0.1, 0.15) is 42.2 Å². The maximum atomic E-state index is 12.1. The van der Waals surface area contributed by atoms with E-state index in [1.54, 1.807) is 18.7 Å². The molecule has 0 saturated heterocycles. The van der Waals surface area contributed by atoms with Crippen molar-refractivity contribution in [2.24, 2.45) is 5.14 Å². The highest BCUT2D eigenvalue weighted by atomic mass is 32.2. The minimum atomic E-state index is -3.78. The van der Waals surface area contributed by atoms with E-state index in [0.29, 0.717) is 5.69 Å². The zero-order chi connectivity index (χ0) is 14.2. The Bertz CT molecular complexity index is 583. The molecule has 106 valence electrons. The van der Waals surface area contributed by atoms with Gasteiger partial charge in [-0.25, -0.2) is 13.6 Å². The molecule has 1 aliphatic rings. The first kappa shape index (κ1) is 14.1. The van der Waals surface area contributed by atoms with Crippen molar-refractivity contribution in [2.75, 3.05) is 14.1 Å². The number of primary sulfonamides is 1. The standard InChI is InChI=1S/C12H19N3O3S/c1-14(2)12(16)11-7-10(19(13,17)18)8-15(11)9-5-3-4-6-9/h7-9H,3-6H2,1-2H3,(H2,13,17,18). The number of hydrogen-bond acceptors (Lipinski definition) is 3. The van der Waals surface area contributed by atoms with Crippen molar-refractivity contribution in [3.63, 3.8) is 0 Å². The number of carbonyl (C=O) groups is 1. The molecule has 1 amide bonds. The Balaban J connectivity index is 2.49. The molecule has 7 heteroatoms. The summed E-state index contributed by atoms with van der Waals surface area (Å²) in [7, 11) is -0.497. The van der Waals surface area contributed by atoms with Crippen LogP contribution in [-0.4, -0.2) is 37.9 Å². The molecule has 19 heavy (non-hydrogen) atoms. The van der Waals surface area contributed by atoms with Crippen LogP contribution >= 0.6 is 0 Å². The first-order valence-corrected chi connectivity index (χ1v) is 7.81. The number of nitrogens with zero attached hydrogens (tertiary/aromatic N) is 2. The van der Waals surface area contributed by atoms with E-state index in [-0.39, 0.29) is 16.8 Å². The smallest absolute Gasteiger partial charge is 0.270 e. The van der Waals surface area contributed by atoms with E-state index < -0.39 is 10.0 Å². The van der Waals surface area contributed by atoms with Crippen LogP contribution in [0.25, 0.3) is 0 Å². The van der Waals surface area contributed by atoms with E-state index in [4.69, 9.17) is 5.14 Å². The Morgan fingerprint density at radius 3 is 2.42 bits per heavy atom. The lowest BCUT2D eigenvalue weighted by Crippen LogP contribution is -2.25. The third-order valence-electron chi connectivity index (χ3n) is 3.50. The summed E-state index contributed by atoms with van der Waals surface area (Å²) in [5.41, 5.74) is 0.390. The van der Waals surface area contributed by atoms with Crippen molar-refractivity contribution in [1.82, 2.24) is 9.47 Å². The lowest BCUT2D eigenvalue weighted by molar-refractivity contribution is 0.0815. The van der Waals surface area contributed by atoms with Crippen LogP contribution < -0.4 is 5.14 Å². The lowest BCUT2D eigenvalue weighted by Gasteiger charge is -2.17. The number of hydrogen-bond donors (Lipinski definition) is 1. The van der Waals surface area contributed by atoms with Crippen LogP contribution in [0, 0.1) is 0 Å². The zero-order valence-corrected chi connectivity index (χ0v) is 12.0. The van der Waals surface area contributed by atoms with Crippen molar-refractivity contribution < 1.29 is 13.2 Å². The molecule has 1 aromatic heterocycles.